The second-order valence-electron chi connectivity index (χ2n) is 5.95. The Morgan fingerprint density at radius 2 is 2.00 bits per heavy atom. The van der Waals surface area contributed by atoms with E-state index >= 15 is 0 Å². The summed E-state index contributed by atoms with van der Waals surface area (Å²) in [6.07, 6.45) is -0.159. The predicted octanol–water partition coefficient (Wildman–Crippen LogP) is 2.74. The lowest BCUT2D eigenvalue weighted by Crippen LogP contribution is -2.42. The monoisotopic (exact) mass is 291 g/mol. The van der Waals surface area contributed by atoms with E-state index in [2.05, 4.69) is 0 Å². The van der Waals surface area contributed by atoms with Gasteiger partial charge in [0.25, 0.3) is 5.95 Å². The number of hydrogen-bond acceptors (Lipinski definition) is 5. The zero-order valence-electron chi connectivity index (χ0n) is 12.6. The molecule has 1 aromatic rings. The van der Waals surface area contributed by atoms with E-state index in [1.807, 2.05) is 51.1 Å². The Hall–Kier alpha value is -1.56. The van der Waals surface area contributed by atoms with Crippen LogP contribution < -0.4 is 0 Å². The highest BCUT2D eigenvalue weighted by atomic mass is 16.8. The fourth-order valence-corrected chi connectivity index (χ4v) is 2.81. The fraction of sp³-hybridized carbons (Fsp3) is 0.500. The summed E-state index contributed by atoms with van der Waals surface area (Å²) in [6.45, 7) is 6.70. The summed E-state index contributed by atoms with van der Waals surface area (Å²) in [7, 11) is 0. The average molecular weight is 291 g/mol. The molecule has 1 unspecified atom stereocenters. The highest BCUT2D eigenvalue weighted by Crippen LogP contribution is 2.34. The SMILES string of the molecule is CC1=C(O)ON(Cc2ccccc2)C1[C@H]1COC(C)(C)O1. The number of hydroxylamine groups is 2. The van der Waals surface area contributed by atoms with Crippen molar-refractivity contribution in [2.24, 2.45) is 0 Å². The molecule has 2 aliphatic heterocycles. The van der Waals surface area contributed by atoms with Crippen LogP contribution in [-0.4, -0.2) is 34.7 Å². The van der Waals surface area contributed by atoms with Crippen LogP contribution in [-0.2, 0) is 20.9 Å². The molecule has 0 spiro atoms. The Kier molecular flexibility index (Phi) is 3.65. The molecule has 0 amide bonds. The van der Waals surface area contributed by atoms with Crippen molar-refractivity contribution in [3.05, 3.63) is 47.4 Å². The van der Waals surface area contributed by atoms with Crippen molar-refractivity contribution in [1.82, 2.24) is 5.06 Å². The first-order valence-corrected chi connectivity index (χ1v) is 7.16. The van der Waals surface area contributed by atoms with Gasteiger partial charge in [-0.2, -0.15) is 0 Å². The Morgan fingerprint density at radius 3 is 2.62 bits per heavy atom. The van der Waals surface area contributed by atoms with Crippen molar-refractivity contribution >= 4 is 0 Å². The number of rotatable bonds is 3. The maximum Gasteiger partial charge on any atom is 0.298 e. The van der Waals surface area contributed by atoms with Crippen molar-refractivity contribution in [3.63, 3.8) is 0 Å². The number of aliphatic hydroxyl groups excluding tert-OH is 1. The number of hydrogen-bond donors (Lipinski definition) is 1. The van der Waals surface area contributed by atoms with Crippen molar-refractivity contribution in [2.45, 2.75) is 45.2 Å². The molecular formula is C16H21NO4. The van der Waals surface area contributed by atoms with Gasteiger partial charge >= 0.3 is 0 Å². The maximum absolute atomic E-state index is 9.93. The van der Waals surface area contributed by atoms with Crippen molar-refractivity contribution in [1.29, 1.82) is 0 Å². The van der Waals surface area contributed by atoms with Gasteiger partial charge in [0.15, 0.2) is 5.79 Å². The molecule has 5 nitrogen and oxygen atoms in total. The van der Waals surface area contributed by atoms with Gasteiger partial charge in [0.2, 0.25) is 0 Å². The lowest BCUT2D eigenvalue weighted by molar-refractivity contribution is -0.189. The maximum atomic E-state index is 9.93. The van der Waals surface area contributed by atoms with E-state index in [1.54, 1.807) is 5.06 Å². The number of benzene rings is 1. The third-order valence-corrected chi connectivity index (χ3v) is 3.86. The smallest absolute Gasteiger partial charge is 0.298 e. The van der Waals surface area contributed by atoms with E-state index in [0.717, 1.165) is 11.1 Å². The van der Waals surface area contributed by atoms with Gasteiger partial charge in [-0.1, -0.05) is 30.3 Å². The Balaban J connectivity index is 1.78. The summed E-state index contributed by atoms with van der Waals surface area (Å²) >= 11 is 0. The van der Waals surface area contributed by atoms with Crippen LogP contribution in [0.1, 0.15) is 26.3 Å². The first-order valence-electron chi connectivity index (χ1n) is 7.16. The second-order valence-corrected chi connectivity index (χ2v) is 5.95. The molecule has 0 aromatic heterocycles. The van der Waals surface area contributed by atoms with Gasteiger partial charge in [-0.05, 0) is 26.3 Å². The largest absolute Gasteiger partial charge is 0.480 e. The lowest BCUT2D eigenvalue weighted by atomic mass is 10.0. The Labute approximate surface area is 124 Å². The quantitative estimate of drug-likeness (QED) is 0.928. The third kappa shape index (κ3) is 2.90. The van der Waals surface area contributed by atoms with E-state index in [0.29, 0.717) is 13.2 Å². The topological polar surface area (TPSA) is 51.2 Å². The van der Waals surface area contributed by atoms with Gasteiger partial charge < -0.3 is 19.4 Å². The second kappa shape index (κ2) is 5.33. The molecule has 21 heavy (non-hydrogen) atoms. The average Bonchev–Trinajstić information content (AvgIpc) is 2.92. The molecule has 1 saturated heterocycles. The molecule has 1 aromatic carbocycles. The molecule has 0 bridgehead atoms. The van der Waals surface area contributed by atoms with Crippen LogP contribution in [0.3, 0.4) is 0 Å². The van der Waals surface area contributed by atoms with Crippen LogP contribution in [0.2, 0.25) is 0 Å². The van der Waals surface area contributed by atoms with E-state index in [1.165, 1.54) is 0 Å². The minimum atomic E-state index is -0.596. The van der Waals surface area contributed by atoms with Crippen LogP contribution in [0.25, 0.3) is 0 Å². The standard InChI is InChI=1S/C16H21NO4/c1-11-14(13-10-19-16(2,3)20-13)17(21-15(11)18)9-12-7-5-4-6-8-12/h4-8,13-14,18H,9-10H2,1-3H3/t13-,14?/m1/s1. The van der Waals surface area contributed by atoms with Gasteiger partial charge in [0.1, 0.15) is 12.1 Å². The summed E-state index contributed by atoms with van der Waals surface area (Å²) in [5, 5.41) is 11.7. The number of ether oxygens (including phenoxy) is 2. The molecule has 0 saturated carbocycles. The minimum Gasteiger partial charge on any atom is -0.480 e. The number of aliphatic hydroxyl groups is 1. The van der Waals surface area contributed by atoms with Crippen molar-refractivity contribution in [3.8, 4) is 0 Å². The lowest BCUT2D eigenvalue weighted by Gasteiger charge is -2.27. The first-order chi connectivity index (χ1) is 9.96. The molecule has 2 atom stereocenters. The van der Waals surface area contributed by atoms with Gasteiger partial charge in [-0.15, -0.1) is 5.06 Å². The normalized spacial score (nSPS) is 28.9. The summed E-state index contributed by atoms with van der Waals surface area (Å²) < 4.78 is 11.6. The molecule has 5 heteroatoms. The summed E-state index contributed by atoms with van der Waals surface area (Å²) in [5.41, 5.74) is 1.89. The highest BCUT2D eigenvalue weighted by Gasteiger charge is 2.45. The van der Waals surface area contributed by atoms with Crippen LogP contribution >= 0.6 is 0 Å². The van der Waals surface area contributed by atoms with Crippen LogP contribution in [0.15, 0.2) is 41.9 Å². The fourth-order valence-electron chi connectivity index (χ4n) is 2.81. The van der Waals surface area contributed by atoms with Crippen LogP contribution in [0.5, 0.6) is 0 Å². The molecule has 1 N–H and O–H groups in total. The van der Waals surface area contributed by atoms with Crippen LogP contribution in [0.4, 0.5) is 0 Å². The Morgan fingerprint density at radius 1 is 1.29 bits per heavy atom. The highest BCUT2D eigenvalue weighted by molar-refractivity contribution is 5.19. The zero-order valence-corrected chi connectivity index (χ0v) is 12.6. The van der Waals surface area contributed by atoms with Crippen LogP contribution in [0, 0.1) is 0 Å². The van der Waals surface area contributed by atoms with Crippen molar-refractivity contribution < 1.29 is 19.4 Å². The summed E-state index contributed by atoms with van der Waals surface area (Å²) in [6, 6.07) is 9.86. The van der Waals surface area contributed by atoms with Gasteiger partial charge in [-0.25, -0.2) is 0 Å². The molecule has 114 valence electrons. The van der Waals surface area contributed by atoms with Crippen molar-refractivity contribution in [2.75, 3.05) is 6.61 Å². The number of nitrogens with zero attached hydrogens (tertiary/aromatic N) is 1. The predicted molar refractivity (Wildman–Crippen MR) is 77.1 cm³/mol. The first kappa shape index (κ1) is 14.4. The molecule has 3 rings (SSSR count). The molecule has 0 aliphatic carbocycles. The summed E-state index contributed by atoms with van der Waals surface area (Å²) in [4.78, 5) is 5.50. The van der Waals surface area contributed by atoms with E-state index < -0.39 is 5.79 Å². The summed E-state index contributed by atoms with van der Waals surface area (Å²) in [5.74, 6) is -0.633. The van der Waals surface area contributed by atoms with Gasteiger partial charge in [0, 0.05) is 5.57 Å². The van der Waals surface area contributed by atoms with Gasteiger partial charge in [0.05, 0.1) is 13.2 Å². The zero-order chi connectivity index (χ0) is 15.0. The van der Waals surface area contributed by atoms with E-state index in [9.17, 15) is 5.11 Å². The van der Waals surface area contributed by atoms with E-state index in [-0.39, 0.29) is 18.1 Å². The third-order valence-electron chi connectivity index (χ3n) is 3.86. The molecule has 1 fully saturated rings. The Bertz CT molecular complexity index is 540. The minimum absolute atomic E-state index is 0.0377. The molecule has 0 radical (unpaired) electrons. The van der Waals surface area contributed by atoms with Gasteiger partial charge in [-0.3, -0.25) is 0 Å². The molecular weight excluding hydrogens is 270 g/mol. The molecule has 2 aliphatic rings. The molecule has 2 heterocycles. The van der Waals surface area contributed by atoms with E-state index in [4.69, 9.17) is 14.3 Å².